The van der Waals surface area contributed by atoms with E-state index < -0.39 is 9.84 Å². The van der Waals surface area contributed by atoms with Crippen LogP contribution >= 0.6 is 0 Å². The van der Waals surface area contributed by atoms with E-state index in [1.165, 1.54) is 10.9 Å². The molecule has 0 spiro atoms. The molecule has 1 aliphatic rings. The van der Waals surface area contributed by atoms with Gasteiger partial charge in [-0.25, -0.2) is 8.42 Å². The molecule has 2 heterocycles. The highest BCUT2D eigenvalue weighted by atomic mass is 32.2. The third kappa shape index (κ3) is 2.29. The largest absolute Gasteiger partial charge is 0.347 e. The summed E-state index contributed by atoms with van der Waals surface area (Å²) in [6.07, 6.45) is 3.71. The lowest BCUT2D eigenvalue weighted by molar-refractivity contribution is 0.410. The van der Waals surface area contributed by atoms with E-state index in [2.05, 4.69) is 29.0 Å². The van der Waals surface area contributed by atoms with Crippen molar-refractivity contribution in [1.29, 1.82) is 0 Å². The summed E-state index contributed by atoms with van der Waals surface area (Å²) in [7, 11) is -2.75. The highest BCUT2D eigenvalue weighted by molar-refractivity contribution is 7.91. The maximum absolute atomic E-state index is 11.4. The lowest BCUT2D eigenvalue weighted by atomic mass is 10.0. The molecule has 1 aromatic heterocycles. The van der Waals surface area contributed by atoms with Crippen LogP contribution in [-0.4, -0.2) is 24.5 Å². The first-order valence-electron chi connectivity index (χ1n) is 6.38. The number of hydrogen-bond donors (Lipinski definition) is 0. The van der Waals surface area contributed by atoms with Crippen LogP contribution in [0.1, 0.15) is 12.8 Å². The summed E-state index contributed by atoms with van der Waals surface area (Å²) >= 11 is 0. The quantitative estimate of drug-likeness (QED) is 0.835. The summed E-state index contributed by atoms with van der Waals surface area (Å²) in [6, 6.07) is 10.4. The highest BCUT2D eigenvalue weighted by Crippen LogP contribution is 2.23. The lowest BCUT2D eigenvalue weighted by Crippen LogP contribution is -2.25. The lowest BCUT2D eigenvalue weighted by Gasteiger charge is -2.22. The predicted octanol–water partition coefficient (Wildman–Crippen LogP) is 2.47. The molecular formula is C14H17NO2S. The number of nitrogens with zero attached hydrogens (tertiary/aromatic N) is 1. The van der Waals surface area contributed by atoms with Crippen LogP contribution in [0.4, 0.5) is 0 Å². The van der Waals surface area contributed by atoms with Gasteiger partial charge in [0.15, 0.2) is 0 Å². The van der Waals surface area contributed by atoms with Crippen LogP contribution in [0.2, 0.25) is 0 Å². The van der Waals surface area contributed by atoms with Crippen molar-refractivity contribution in [2.75, 3.05) is 11.5 Å². The van der Waals surface area contributed by atoms with E-state index in [1.807, 2.05) is 12.1 Å². The minimum absolute atomic E-state index is 0.358. The fourth-order valence-corrected chi connectivity index (χ4v) is 4.29. The Morgan fingerprint density at radius 3 is 2.61 bits per heavy atom. The fraction of sp³-hybridized carbons (Fsp3) is 0.429. The van der Waals surface area contributed by atoms with E-state index >= 15 is 0 Å². The van der Waals surface area contributed by atoms with Crippen LogP contribution in [0, 0.1) is 5.92 Å². The van der Waals surface area contributed by atoms with Crippen LogP contribution in [0.5, 0.6) is 0 Å². The first kappa shape index (κ1) is 11.8. The standard InChI is InChI=1S/C14H17NO2S/c16-18(17)9-6-12(7-10-18)11-15-8-5-13-3-1-2-4-14(13)15/h1-5,8,12H,6-7,9-11H2. The molecule has 0 radical (unpaired) electrons. The number of fused-ring (bicyclic) bond motifs is 1. The van der Waals surface area contributed by atoms with Gasteiger partial charge in [0, 0.05) is 18.3 Å². The normalized spacial score (nSPS) is 20.2. The van der Waals surface area contributed by atoms with Crippen molar-refractivity contribution in [1.82, 2.24) is 4.57 Å². The van der Waals surface area contributed by atoms with E-state index in [9.17, 15) is 8.42 Å². The number of benzene rings is 1. The zero-order chi connectivity index (χ0) is 12.6. The fourth-order valence-electron chi connectivity index (χ4n) is 2.70. The van der Waals surface area contributed by atoms with Crippen molar-refractivity contribution in [3.63, 3.8) is 0 Å². The zero-order valence-corrected chi connectivity index (χ0v) is 11.1. The molecule has 0 atom stereocenters. The first-order chi connectivity index (χ1) is 8.64. The maximum Gasteiger partial charge on any atom is 0.150 e. The summed E-state index contributed by atoms with van der Waals surface area (Å²) in [5.74, 6) is 1.21. The molecule has 18 heavy (non-hydrogen) atoms. The number of sulfone groups is 1. The molecule has 0 unspecified atom stereocenters. The Bertz CT molecular complexity index is 643. The molecule has 1 aromatic carbocycles. The molecule has 1 saturated heterocycles. The van der Waals surface area contributed by atoms with Crippen molar-refractivity contribution in [2.45, 2.75) is 19.4 Å². The van der Waals surface area contributed by atoms with Gasteiger partial charge in [-0.15, -0.1) is 0 Å². The molecule has 0 bridgehead atoms. The van der Waals surface area contributed by atoms with Gasteiger partial charge in [0.1, 0.15) is 9.84 Å². The highest BCUT2D eigenvalue weighted by Gasteiger charge is 2.23. The molecular weight excluding hydrogens is 246 g/mol. The Hall–Kier alpha value is -1.29. The van der Waals surface area contributed by atoms with Gasteiger partial charge in [-0.05, 0) is 36.3 Å². The molecule has 0 N–H and O–H groups in total. The summed E-state index contributed by atoms with van der Waals surface area (Å²) in [5, 5.41) is 1.25. The second-order valence-corrected chi connectivity index (χ2v) is 7.43. The van der Waals surface area contributed by atoms with Crippen molar-refractivity contribution in [3.05, 3.63) is 36.5 Å². The van der Waals surface area contributed by atoms with Crippen LogP contribution in [-0.2, 0) is 16.4 Å². The summed E-state index contributed by atoms with van der Waals surface area (Å²) in [6.45, 7) is 0.934. The van der Waals surface area contributed by atoms with Gasteiger partial charge in [0.05, 0.1) is 11.5 Å². The molecule has 3 nitrogen and oxygen atoms in total. The average molecular weight is 263 g/mol. The number of rotatable bonds is 2. The summed E-state index contributed by atoms with van der Waals surface area (Å²) in [5.41, 5.74) is 1.24. The third-order valence-corrected chi connectivity index (χ3v) is 5.52. The molecule has 1 aliphatic heterocycles. The zero-order valence-electron chi connectivity index (χ0n) is 10.2. The second-order valence-electron chi connectivity index (χ2n) is 5.12. The number of aromatic nitrogens is 1. The van der Waals surface area contributed by atoms with E-state index in [4.69, 9.17) is 0 Å². The van der Waals surface area contributed by atoms with Gasteiger partial charge < -0.3 is 4.57 Å². The smallest absolute Gasteiger partial charge is 0.150 e. The van der Waals surface area contributed by atoms with Gasteiger partial charge in [-0.3, -0.25) is 0 Å². The van der Waals surface area contributed by atoms with Gasteiger partial charge in [-0.1, -0.05) is 18.2 Å². The van der Waals surface area contributed by atoms with Crippen LogP contribution < -0.4 is 0 Å². The Balaban J connectivity index is 1.77. The Morgan fingerprint density at radius 2 is 1.83 bits per heavy atom. The van der Waals surface area contributed by atoms with E-state index in [1.54, 1.807) is 0 Å². The maximum atomic E-state index is 11.4. The molecule has 0 amide bonds. The number of para-hydroxylation sites is 1. The Morgan fingerprint density at radius 1 is 1.11 bits per heavy atom. The van der Waals surface area contributed by atoms with Crippen molar-refractivity contribution in [3.8, 4) is 0 Å². The summed E-state index contributed by atoms with van der Waals surface area (Å²) in [4.78, 5) is 0. The van der Waals surface area contributed by atoms with Gasteiger partial charge in [0.25, 0.3) is 0 Å². The SMILES string of the molecule is O=S1(=O)CCC(Cn2ccc3ccccc32)CC1. The van der Waals surface area contributed by atoms with Crippen LogP contribution in [0.3, 0.4) is 0 Å². The van der Waals surface area contributed by atoms with Crippen molar-refractivity contribution >= 4 is 20.7 Å². The number of hydrogen-bond acceptors (Lipinski definition) is 2. The van der Waals surface area contributed by atoms with E-state index in [0.717, 1.165) is 19.4 Å². The Kier molecular flexibility index (Phi) is 2.90. The molecule has 96 valence electrons. The molecule has 3 rings (SSSR count). The minimum Gasteiger partial charge on any atom is -0.347 e. The third-order valence-electron chi connectivity index (χ3n) is 3.81. The monoisotopic (exact) mass is 263 g/mol. The average Bonchev–Trinajstić information content (AvgIpc) is 2.76. The van der Waals surface area contributed by atoms with Gasteiger partial charge in [-0.2, -0.15) is 0 Å². The minimum atomic E-state index is -2.75. The predicted molar refractivity (Wildman–Crippen MR) is 73.3 cm³/mol. The van der Waals surface area contributed by atoms with Gasteiger partial charge >= 0.3 is 0 Å². The summed E-state index contributed by atoms with van der Waals surface area (Å²) < 4.78 is 25.1. The second kappa shape index (κ2) is 4.43. The molecule has 0 aliphatic carbocycles. The van der Waals surface area contributed by atoms with Crippen molar-refractivity contribution in [2.24, 2.45) is 5.92 Å². The molecule has 2 aromatic rings. The van der Waals surface area contributed by atoms with Gasteiger partial charge in [0.2, 0.25) is 0 Å². The van der Waals surface area contributed by atoms with Crippen LogP contribution in [0.25, 0.3) is 10.9 Å². The first-order valence-corrected chi connectivity index (χ1v) is 8.20. The molecule has 4 heteroatoms. The molecule has 1 fully saturated rings. The van der Waals surface area contributed by atoms with E-state index in [0.29, 0.717) is 17.4 Å². The topological polar surface area (TPSA) is 39.1 Å². The van der Waals surface area contributed by atoms with Crippen LogP contribution in [0.15, 0.2) is 36.5 Å². The Labute approximate surface area is 107 Å². The van der Waals surface area contributed by atoms with E-state index in [-0.39, 0.29) is 0 Å². The van der Waals surface area contributed by atoms with Crippen molar-refractivity contribution < 1.29 is 8.42 Å². The molecule has 0 saturated carbocycles.